The summed E-state index contributed by atoms with van der Waals surface area (Å²) >= 11 is 0. The molecule has 2 rings (SSSR count). The fraction of sp³-hybridized carbons (Fsp3) is 0.538. The van der Waals surface area contributed by atoms with E-state index in [1.807, 2.05) is 0 Å². The molecule has 1 aromatic rings. The third kappa shape index (κ3) is 2.67. The maximum atomic E-state index is 6.00. The molecule has 1 saturated heterocycles. The van der Waals surface area contributed by atoms with Crippen molar-refractivity contribution in [2.75, 3.05) is 29.9 Å². The van der Waals surface area contributed by atoms with Crippen LogP contribution in [0.15, 0.2) is 24.3 Å². The minimum atomic E-state index is 0.330. The maximum Gasteiger partial charge on any atom is 0.0387 e. The summed E-state index contributed by atoms with van der Waals surface area (Å²) in [4.78, 5) is 2.38. The molecule has 88 valence electrons. The fourth-order valence-corrected chi connectivity index (χ4v) is 2.26. The Morgan fingerprint density at radius 3 is 3.12 bits per heavy atom. The van der Waals surface area contributed by atoms with E-state index >= 15 is 0 Å². The molecular weight excluding hydrogens is 198 g/mol. The maximum absolute atomic E-state index is 6.00. The van der Waals surface area contributed by atoms with Crippen molar-refractivity contribution in [2.45, 2.75) is 25.8 Å². The predicted molar refractivity (Wildman–Crippen MR) is 70.0 cm³/mol. The lowest BCUT2D eigenvalue weighted by molar-refractivity contribution is 0.506. The van der Waals surface area contributed by atoms with Crippen LogP contribution in [0.25, 0.3) is 0 Å². The molecule has 0 aromatic heterocycles. The average molecular weight is 219 g/mol. The van der Waals surface area contributed by atoms with E-state index in [0.29, 0.717) is 6.04 Å². The third-order valence-corrected chi connectivity index (χ3v) is 3.05. The number of rotatable bonds is 3. The lowest BCUT2D eigenvalue weighted by Gasteiger charge is -2.32. The van der Waals surface area contributed by atoms with Gasteiger partial charge < -0.3 is 16.0 Å². The van der Waals surface area contributed by atoms with E-state index < -0.39 is 0 Å². The monoisotopic (exact) mass is 219 g/mol. The van der Waals surface area contributed by atoms with Crippen molar-refractivity contribution >= 4 is 11.4 Å². The van der Waals surface area contributed by atoms with Gasteiger partial charge in [0.25, 0.3) is 0 Å². The molecule has 0 bridgehead atoms. The molecule has 1 atom stereocenters. The Morgan fingerprint density at radius 1 is 1.50 bits per heavy atom. The number of benzene rings is 1. The van der Waals surface area contributed by atoms with Gasteiger partial charge in [-0.3, -0.25) is 0 Å². The van der Waals surface area contributed by atoms with Crippen molar-refractivity contribution in [3.8, 4) is 0 Å². The van der Waals surface area contributed by atoms with Crippen LogP contribution >= 0.6 is 0 Å². The molecule has 0 aliphatic carbocycles. The van der Waals surface area contributed by atoms with Crippen LogP contribution in [0, 0.1) is 0 Å². The highest BCUT2D eigenvalue weighted by Crippen LogP contribution is 2.22. The van der Waals surface area contributed by atoms with Crippen LogP contribution in [-0.2, 0) is 0 Å². The number of nitrogens with two attached hydrogens (primary N) is 1. The molecule has 1 aromatic carbocycles. The van der Waals surface area contributed by atoms with Crippen molar-refractivity contribution in [3.05, 3.63) is 24.3 Å². The Morgan fingerprint density at radius 2 is 2.38 bits per heavy atom. The summed E-state index contributed by atoms with van der Waals surface area (Å²) in [5.41, 5.74) is 8.48. The fourth-order valence-electron chi connectivity index (χ4n) is 2.26. The molecular formula is C13H21N3. The van der Waals surface area contributed by atoms with Crippen LogP contribution < -0.4 is 16.0 Å². The first-order valence-electron chi connectivity index (χ1n) is 6.14. The van der Waals surface area contributed by atoms with Gasteiger partial charge in [-0.05, 0) is 38.0 Å². The van der Waals surface area contributed by atoms with Crippen LogP contribution in [-0.4, -0.2) is 25.7 Å². The molecule has 0 saturated carbocycles. The molecule has 0 radical (unpaired) electrons. The number of nitrogens with one attached hydrogen (secondary N) is 1. The Bertz CT molecular complexity index is 338. The molecule has 3 N–H and O–H groups in total. The van der Waals surface area contributed by atoms with Gasteiger partial charge in [-0.15, -0.1) is 0 Å². The highest BCUT2D eigenvalue weighted by molar-refractivity contribution is 5.58. The molecule has 1 fully saturated rings. The van der Waals surface area contributed by atoms with Crippen LogP contribution in [0.1, 0.15) is 19.8 Å². The summed E-state index contributed by atoms with van der Waals surface area (Å²) in [7, 11) is 0. The van der Waals surface area contributed by atoms with E-state index in [1.54, 1.807) is 0 Å². The second-order valence-corrected chi connectivity index (χ2v) is 4.43. The Hall–Kier alpha value is -1.22. The van der Waals surface area contributed by atoms with Gasteiger partial charge in [0.05, 0.1) is 0 Å². The SMILES string of the molecule is CCNc1cccc(N2CCC[C@H](N)C2)c1. The smallest absolute Gasteiger partial charge is 0.0387 e. The summed E-state index contributed by atoms with van der Waals surface area (Å²) in [5, 5.41) is 3.34. The minimum absolute atomic E-state index is 0.330. The molecule has 16 heavy (non-hydrogen) atoms. The van der Waals surface area contributed by atoms with Gasteiger partial charge >= 0.3 is 0 Å². The first-order chi connectivity index (χ1) is 7.79. The molecule has 1 aliphatic heterocycles. The first kappa shape index (κ1) is 11.3. The number of hydrogen-bond acceptors (Lipinski definition) is 3. The van der Waals surface area contributed by atoms with Crippen LogP contribution in [0.5, 0.6) is 0 Å². The Balaban J connectivity index is 2.09. The largest absolute Gasteiger partial charge is 0.385 e. The van der Waals surface area contributed by atoms with Gasteiger partial charge in [0, 0.05) is 37.1 Å². The summed E-state index contributed by atoms with van der Waals surface area (Å²) in [5.74, 6) is 0. The van der Waals surface area contributed by atoms with E-state index in [0.717, 1.165) is 26.1 Å². The molecule has 3 nitrogen and oxygen atoms in total. The topological polar surface area (TPSA) is 41.3 Å². The van der Waals surface area contributed by atoms with Crippen molar-refractivity contribution in [1.29, 1.82) is 0 Å². The zero-order valence-corrected chi connectivity index (χ0v) is 9.95. The van der Waals surface area contributed by atoms with Crippen LogP contribution in [0.3, 0.4) is 0 Å². The minimum Gasteiger partial charge on any atom is -0.385 e. The summed E-state index contributed by atoms with van der Waals surface area (Å²) in [6.07, 6.45) is 2.36. The van der Waals surface area contributed by atoms with Crippen molar-refractivity contribution in [1.82, 2.24) is 0 Å². The van der Waals surface area contributed by atoms with Crippen LogP contribution in [0.4, 0.5) is 11.4 Å². The van der Waals surface area contributed by atoms with E-state index in [1.165, 1.54) is 17.8 Å². The summed E-state index contributed by atoms with van der Waals surface area (Å²) < 4.78 is 0. The predicted octanol–water partition coefficient (Wildman–Crippen LogP) is 2.05. The number of hydrogen-bond donors (Lipinski definition) is 2. The molecule has 0 amide bonds. The van der Waals surface area contributed by atoms with Gasteiger partial charge in [-0.2, -0.15) is 0 Å². The number of piperidine rings is 1. The molecule has 0 spiro atoms. The van der Waals surface area contributed by atoms with Crippen LogP contribution in [0.2, 0.25) is 0 Å². The Kier molecular flexibility index (Phi) is 3.67. The average Bonchev–Trinajstić information content (AvgIpc) is 2.30. The lowest BCUT2D eigenvalue weighted by atomic mass is 10.1. The van der Waals surface area contributed by atoms with Crippen molar-refractivity contribution in [2.24, 2.45) is 5.73 Å². The molecule has 1 heterocycles. The van der Waals surface area contributed by atoms with Crippen molar-refractivity contribution in [3.63, 3.8) is 0 Å². The Labute approximate surface area is 97.6 Å². The molecule has 1 aliphatic rings. The van der Waals surface area contributed by atoms with Gasteiger partial charge in [0.15, 0.2) is 0 Å². The number of anilines is 2. The van der Waals surface area contributed by atoms with Gasteiger partial charge in [0.2, 0.25) is 0 Å². The molecule has 3 heteroatoms. The zero-order chi connectivity index (χ0) is 11.4. The quantitative estimate of drug-likeness (QED) is 0.817. The van der Waals surface area contributed by atoms with E-state index in [-0.39, 0.29) is 0 Å². The van der Waals surface area contributed by atoms with Gasteiger partial charge in [0.1, 0.15) is 0 Å². The number of nitrogens with zero attached hydrogens (tertiary/aromatic N) is 1. The van der Waals surface area contributed by atoms with Gasteiger partial charge in [-0.1, -0.05) is 6.07 Å². The molecule has 0 unspecified atom stereocenters. The zero-order valence-electron chi connectivity index (χ0n) is 9.95. The van der Waals surface area contributed by atoms with E-state index in [2.05, 4.69) is 41.4 Å². The second kappa shape index (κ2) is 5.21. The summed E-state index contributed by atoms with van der Waals surface area (Å²) in [6, 6.07) is 8.92. The van der Waals surface area contributed by atoms with Gasteiger partial charge in [-0.25, -0.2) is 0 Å². The summed E-state index contributed by atoms with van der Waals surface area (Å²) in [6.45, 7) is 5.19. The third-order valence-electron chi connectivity index (χ3n) is 3.05. The van der Waals surface area contributed by atoms with Crippen molar-refractivity contribution < 1.29 is 0 Å². The highest BCUT2D eigenvalue weighted by atomic mass is 15.1. The first-order valence-corrected chi connectivity index (χ1v) is 6.14. The highest BCUT2D eigenvalue weighted by Gasteiger charge is 2.16. The van der Waals surface area contributed by atoms with E-state index in [9.17, 15) is 0 Å². The standard InChI is InChI=1S/C13H21N3/c1-2-15-12-6-3-7-13(9-12)16-8-4-5-11(14)10-16/h3,6-7,9,11,15H,2,4-5,8,10,14H2,1H3/t11-/m0/s1. The van der Waals surface area contributed by atoms with E-state index in [4.69, 9.17) is 5.73 Å². The normalized spacial score (nSPS) is 20.9. The second-order valence-electron chi connectivity index (χ2n) is 4.43. The lowest BCUT2D eigenvalue weighted by Crippen LogP contribution is -2.42.